The van der Waals surface area contributed by atoms with Crippen molar-refractivity contribution in [3.05, 3.63) is 35.0 Å². The van der Waals surface area contributed by atoms with Gasteiger partial charge in [-0.25, -0.2) is 14.6 Å². The first kappa shape index (κ1) is 9.03. The molecule has 0 bridgehead atoms. The summed E-state index contributed by atoms with van der Waals surface area (Å²) in [4.78, 5) is 8.66. The lowest BCUT2D eigenvalue weighted by Gasteiger charge is -2.03. The Balaban J connectivity index is 2.07. The molecule has 1 aliphatic rings. The molecule has 5 heteroatoms. The number of halogens is 1. The molecule has 0 spiro atoms. The van der Waals surface area contributed by atoms with Crippen LogP contribution in [0.5, 0.6) is 0 Å². The fourth-order valence-electron chi connectivity index (χ4n) is 1.53. The fourth-order valence-corrected chi connectivity index (χ4v) is 1.92. The molecule has 0 amide bonds. The Labute approximate surface area is 95.5 Å². The maximum atomic E-state index is 4.37. The van der Waals surface area contributed by atoms with Crippen LogP contribution in [0.3, 0.4) is 0 Å². The molecule has 0 radical (unpaired) electrons. The van der Waals surface area contributed by atoms with Crippen molar-refractivity contribution in [1.82, 2.24) is 19.7 Å². The lowest BCUT2D eigenvalue weighted by Crippen LogP contribution is -2.01. The molecule has 0 atom stereocenters. The molecular formula is C10H9BrN4. The van der Waals surface area contributed by atoms with Gasteiger partial charge in [0.2, 0.25) is 0 Å². The van der Waals surface area contributed by atoms with Crippen molar-refractivity contribution in [2.24, 2.45) is 0 Å². The van der Waals surface area contributed by atoms with E-state index < -0.39 is 0 Å². The van der Waals surface area contributed by atoms with Crippen molar-refractivity contribution >= 4 is 15.9 Å². The minimum atomic E-state index is 0.624. The average molecular weight is 265 g/mol. The van der Waals surface area contributed by atoms with Crippen molar-refractivity contribution < 1.29 is 0 Å². The molecule has 0 unspecified atom stereocenters. The van der Waals surface area contributed by atoms with Gasteiger partial charge in [0.05, 0.1) is 5.69 Å². The lowest BCUT2D eigenvalue weighted by molar-refractivity contribution is 0.819. The smallest absolute Gasteiger partial charge is 0.198 e. The van der Waals surface area contributed by atoms with Gasteiger partial charge in [0.15, 0.2) is 10.6 Å². The minimum Gasteiger partial charge on any atom is -0.227 e. The van der Waals surface area contributed by atoms with Gasteiger partial charge in [0.1, 0.15) is 0 Å². The third-order valence-electron chi connectivity index (χ3n) is 2.44. The molecule has 76 valence electrons. The zero-order valence-electron chi connectivity index (χ0n) is 7.97. The van der Waals surface area contributed by atoms with Gasteiger partial charge < -0.3 is 0 Å². The van der Waals surface area contributed by atoms with Crippen molar-refractivity contribution in [2.45, 2.75) is 18.8 Å². The van der Waals surface area contributed by atoms with Gasteiger partial charge in [0, 0.05) is 24.4 Å². The zero-order chi connectivity index (χ0) is 10.3. The van der Waals surface area contributed by atoms with Crippen LogP contribution in [0.1, 0.15) is 24.5 Å². The van der Waals surface area contributed by atoms with Crippen LogP contribution in [0.25, 0.3) is 5.82 Å². The fraction of sp³-hybridized carbons (Fsp3) is 0.300. The summed E-state index contributed by atoms with van der Waals surface area (Å²) in [6.45, 7) is 0. The summed E-state index contributed by atoms with van der Waals surface area (Å²) in [5, 5.41) is 4.15. The first-order chi connectivity index (χ1) is 7.33. The summed E-state index contributed by atoms with van der Waals surface area (Å²) in [6.07, 6.45) is 6.10. The Morgan fingerprint density at radius 3 is 2.87 bits per heavy atom. The highest BCUT2D eigenvalue weighted by Gasteiger charge is 2.26. The molecule has 1 fully saturated rings. The Kier molecular flexibility index (Phi) is 2.05. The van der Waals surface area contributed by atoms with Crippen molar-refractivity contribution in [1.29, 1.82) is 0 Å². The van der Waals surface area contributed by atoms with Gasteiger partial charge in [-0.1, -0.05) is 0 Å². The number of hydrogen-bond acceptors (Lipinski definition) is 3. The molecule has 2 aromatic rings. The monoisotopic (exact) mass is 264 g/mol. The zero-order valence-corrected chi connectivity index (χ0v) is 9.55. The SMILES string of the molecule is Brc1nc(C2CC2)cc(-n2cccn2)n1. The summed E-state index contributed by atoms with van der Waals surface area (Å²) < 4.78 is 2.38. The first-order valence-corrected chi connectivity index (χ1v) is 5.67. The molecule has 3 rings (SSSR count). The Hall–Kier alpha value is -1.23. The highest BCUT2D eigenvalue weighted by molar-refractivity contribution is 9.10. The maximum Gasteiger partial charge on any atom is 0.198 e. The second kappa shape index (κ2) is 3.41. The quantitative estimate of drug-likeness (QED) is 0.782. The van der Waals surface area contributed by atoms with E-state index in [0.717, 1.165) is 11.5 Å². The Morgan fingerprint density at radius 1 is 1.33 bits per heavy atom. The summed E-state index contributed by atoms with van der Waals surface area (Å²) in [7, 11) is 0. The number of aromatic nitrogens is 4. The summed E-state index contributed by atoms with van der Waals surface area (Å²) in [6, 6.07) is 3.89. The topological polar surface area (TPSA) is 43.6 Å². The lowest BCUT2D eigenvalue weighted by atomic mass is 10.3. The van der Waals surface area contributed by atoms with E-state index in [9.17, 15) is 0 Å². The van der Waals surface area contributed by atoms with E-state index in [2.05, 4.69) is 31.0 Å². The van der Waals surface area contributed by atoms with Crippen LogP contribution >= 0.6 is 15.9 Å². The van der Waals surface area contributed by atoms with Gasteiger partial charge in [-0.2, -0.15) is 5.10 Å². The van der Waals surface area contributed by atoms with Crippen molar-refractivity contribution in [3.8, 4) is 5.82 Å². The van der Waals surface area contributed by atoms with Crippen LogP contribution in [0.4, 0.5) is 0 Å². The van der Waals surface area contributed by atoms with Crippen LogP contribution in [0.15, 0.2) is 29.3 Å². The highest BCUT2D eigenvalue weighted by atomic mass is 79.9. The second-order valence-corrected chi connectivity index (χ2v) is 4.35. The van der Waals surface area contributed by atoms with Crippen LogP contribution < -0.4 is 0 Å². The Bertz CT molecular complexity index is 476. The van der Waals surface area contributed by atoms with Crippen molar-refractivity contribution in [2.75, 3.05) is 0 Å². The molecule has 0 saturated heterocycles. The first-order valence-electron chi connectivity index (χ1n) is 4.87. The molecule has 0 N–H and O–H groups in total. The third kappa shape index (κ3) is 1.79. The van der Waals surface area contributed by atoms with Crippen LogP contribution in [0.2, 0.25) is 0 Å². The Morgan fingerprint density at radius 2 is 2.20 bits per heavy atom. The van der Waals surface area contributed by atoms with Crippen molar-refractivity contribution in [3.63, 3.8) is 0 Å². The van der Waals surface area contributed by atoms with Gasteiger partial charge in [0.25, 0.3) is 0 Å². The predicted octanol–water partition coefficient (Wildman–Crippen LogP) is 2.30. The predicted molar refractivity (Wildman–Crippen MR) is 58.8 cm³/mol. The largest absolute Gasteiger partial charge is 0.227 e. The molecule has 1 aliphatic carbocycles. The molecule has 2 heterocycles. The average Bonchev–Trinajstić information content (AvgIpc) is 2.93. The molecule has 0 aliphatic heterocycles. The molecule has 4 nitrogen and oxygen atoms in total. The van der Waals surface area contributed by atoms with E-state index in [-0.39, 0.29) is 0 Å². The number of nitrogens with zero attached hydrogens (tertiary/aromatic N) is 4. The third-order valence-corrected chi connectivity index (χ3v) is 2.79. The normalized spacial score (nSPS) is 15.5. The molecule has 2 aromatic heterocycles. The van der Waals surface area contributed by atoms with E-state index in [4.69, 9.17) is 0 Å². The van der Waals surface area contributed by atoms with Gasteiger partial charge in [-0.3, -0.25) is 0 Å². The number of rotatable bonds is 2. The van der Waals surface area contributed by atoms with E-state index in [1.54, 1.807) is 10.9 Å². The van der Waals surface area contributed by atoms with Crippen LogP contribution in [-0.4, -0.2) is 19.7 Å². The molecule has 15 heavy (non-hydrogen) atoms. The minimum absolute atomic E-state index is 0.624. The standard InChI is InChI=1S/C10H9BrN4/c11-10-13-8(7-2-3-7)6-9(14-10)15-5-1-4-12-15/h1,4-7H,2-3H2. The highest BCUT2D eigenvalue weighted by Crippen LogP contribution is 2.39. The molecular weight excluding hydrogens is 256 g/mol. The summed E-state index contributed by atoms with van der Waals surface area (Å²) in [5.74, 6) is 1.45. The number of hydrogen-bond donors (Lipinski definition) is 0. The summed E-state index contributed by atoms with van der Waals surface area (Å²) >= 11 is 3.33. The van der Waals surface area contributed by atoms with Crippen LogP contribution in [0, 0.1) is 0 Å². The molecule has 1 saturated carbocycles. The summed E-state index contributed by atoms with van der Waals surface area (Å²) in [5.41, 5.74) is 1.11. The van der Waals surface area contributed by atoms with Crippen LogP contribution in [-0.2, 0) is 0 Å². The van der Waals surface area contributed by atoms with Gasteiger partial charge >= 0.3 is 0 Å². The van der Waals surface area contributed by atoms with E-state index >= 15 is 0 Å². The molecule has 0 aromatic carbocycles. The maximum absolute atomic E-state index is 4.37. The van der Waals surface area contributed by atoms with E-state index in [0.29, 0.717) is 10.7 Å². The van der Waals surface area contributed by atoms with E-state index in [1.165, 1.54) is 12.8 Å². The van der Waals surface area contributed by atoms with Gasteiger partial charge in [-0.15, -0.1) is 0 Å². The second-order valence-electron chi connectivity index (χ2n) is 3.64. The van der Waals surface area contributed by atoms with E-state index in [1.807, 2.05) is 18.3 Å². The van der Waals surface area contributed by atoms with Gasteiger partial charge in [-0.05, 0) is 34.8 Å².